The first kappa shape index (κ1) is 11.0. The van der Waals surface area contributed by atoms with Crippen LogP contribution in [0.4, 0.5) is 5.95 Å². The van der Waals surface area contributed by atoms with Crippen molar-refractivity contribution >= 4 is 5.95 Å². The molecule has 2 unspecified atom stereocenters. The molecule has 1 saturated carbocycles. The molecule has 17 heavy (non-hydrogen) atoms. The van der Waals surface area contributed by atoms with E-state index < -0.39 is 0 Å². The molecule has 0 radical (unpaired) electrons. The van der Waals surface area contributed by atoms with E-state index in [2.05, 4.69) is 27.0 Å². The molecule has 2 atom stereocenters. The van der Waals surface area contributed by atoms with Gasteiger partial charge >= 0.3 is 0 Å². The first-order chi connectivity index (χ1) is 8.24. The van der Waals surface area contributed by atoms with Gasteiger partial charge in [-0.15, -0.1) is 5.10 Å². The number of piperidine rings is 1. The van der Waals surface area contributed by atoms with Crippen LogP contribution in [-0.4, -0.2) is 34.3 Å². The van der Waals surface area contributed by atoms with Crippen LogP contribution in [0.3, 0.4) is 0 Å². The molecule has 1 aliphatic heterocycles. The molecule has 5 nitrogen and oxygen atoms in total. The highest BCUT2D eigenvalue weighted by molar-refractivity contribution is 5.30. The highest BCUT2D eigenvalue weighted by atomic mass is 15.4. The largest absolute Gasteiger partial charge is 0.338 e. The number of H-pyrrole nitrogens is 1. The summed E-state index contributed by atoms with van der Waals surface area (Å²) in [6.07, 6.45) is 4.94. The molecule has 1 saturated heterocycles. The van der Waals surface area contributed by atoms with Crippen LogP contribution in [0.1, 0.15) is 44.3 Å². The molecule has 3 rings (SSSR count). The highest BCUT2D eigenvalue weighted by Gasteiger charge is 2.31. The van der Waals surface area contributed by atoms with Crippen LogP contribution < -0.4 is 10.6 Å². The van der Waals surface area contributed by atoms with Gasteiger partial charge in [0, 0.05) is 25.0 Å². The number of aromatic amines is 1. The molecule has 5 heteroatoms. The quantitative estimate of drug-likeness (QED) is 0.827. The first-order valence-corrected chi connectivity index (χ1v) is 6.67. The van der Waals surface area contributed by atoms with Crippen LogP contribution in [-0.2, 0) is 0 Å². The third-order valence-corrected chi connectivity index (χ3v) is 3.99. The second-order valence-electron chi connectivity index (χ2n) is 5.50. The molecule has 0 aromatic carbocycles. The fourth-order valence-corrected chi connectivity index (χ4v) is 2.62. The maximum atomic E-state index is 5.98. The van der Waals surface area contributed by atoms with Crippen LogP contribution in [0.2, 0.25) is 0 Å². The second kappa shape index (κ2) is 4.29. The number of nitrogens with zero attached hydrogens (tertiary/aromatic N) is 3. The maximum Gasteiger partial charge on any atom is 0.244 e. The highest BCUT2D eigenvalue weighted by Crippen LogP contribution is 2.41. The van der Waals surface area contributed by atoms with Crippen molar-refractivity contribution in [1.29, 1.82) is 0 Å². The van der Waals surface area contributed by atoms with E-state index in [9.17, 15) is 0 Å². The molecule has 1 aromatic heterocycles. The number of anilines is 1. The van der Waals surface area contributed by atoms with Gasteiger partial charge in [-0.05, 0) is 31.6 Å². The Balaban J connectivity index is 1.70. The Morgan fingerprint density at radius 1 is 1.41 bits per heavy atom. The number of hydrogen-bond acceptors (Lipinski definition) is 4. The number of aromatic nitrogens is 3. The average molecular weight is 235 g/mol. The van der Waals surface area contributed by atoms with Crippen LogP contribution in [0.15, 0.2) is 0 Å². The summed E-state index contributed by atoms with van der Waals surface area (Å²) in [5, 5.41) is 7.44. The molecule has 0 bridgehead atoms. The molecule has 2 heterocycles. The first-order valence-electron chi connectivity index (χ1n) is 6.67. The second-order valence-corrected chi connectivity index (χ2v) is 5.50. The Bertz CT molecular complexity index is 384. The number of rotatable bonds is 3. The summed E-state index contributed by atoms with van der Waals surface area (Å²) < 4.78 is 0. The Morgan fingerprint density at radius 2 is 2.24 bits per heavy atom. The summed E-state index contributed by atoms with van der Waals surface area (Å²) >= 11 is 0. The summed E-state index contributed by atoms with van der Waals surface area (Å²) in [6.45, 7) is 4.15. The topological polar surface area (TPSA) is 70.8 Å². The number of nitrogens with one attached hydrogen (secondary N) is 1. The van der Waals surface area contributed by atoms with Crippen molar-refractivity contribution in [3.05, 3.63) is 5.82 Å². The van der Waals surface area contributed by atoms with Crippen molar-refractivity contribution in [2.75, 3.05) is 18.0 Å². The van der Waals surface area contributed by atoms with Gasteiger partial charge in [-0.3, -0.25) is 5.10 Å². The van der Waals surface area contributed by atoms with Crippen molar-refractivity contribution in [2.45, 2.75) is 44.6 Å². The number of hydrogen-bond donors (Lipinski definition) is 2. The maximum absolute atomic E-state index is 5.98. The third kappa shape index (κ3) is 2.29. The van der Waals surface area contributed by atoms with Crippen molar-refractivity contribution in [2.24, 2.45) is 11.7 Å². The van der Waals surface area contributed by atoms with Gasteiger partial charge in [0.15, 0.2) is 0 Å². The SMILES string of the molecule is CC(c1nc(N2CCCC(N)C2)n[nH]1)C1CC1. The summed E-state index contributed by atoms with van der Waals surface area (Å²) in [4.78, 5) is 6.84. The minimum absolute atomic E-state index is 0.270. The van der Waals surface area contributed by atoms with Gasteiger partial charge in [-0.1, -0.05) is 6.92 Å². The third-order valence-electron chi connectivity index (χ3n) is 3.99. The lowest BCUT2D eigenvalue weighted by Gasteiger charge is -2.29. The molecular formula is C12H21N5. The van der Waals surface area contributed by atoms with Crippen LogP contribution in [0.5, 0.6) is 0 Å². The molecule has 2 fully saturated rings. The van der Waals surface area contributed by atoms with Crippen LogP contribution in [0.25, 0.3) is 0 Å². The standard InChI is InChI=1S/C12H21N5/c1-8(9-4-5-9)11-14-12(16-15-11)17-6-2-3-10(13)7-17/h8-10H,2-7,13H2,1H3,(H,14,15,16). The monoisotopic (exact) mass is 235 g/mol. The van der Waals surface area contributed by atoms with Gasteiger partial charge < -0.3 is 10.6 Å². The molecule has 94 valence electrons. The lowest BCUT2D eigenvalue weighted by atomic mass is 10.1. The van der Waals surface area contributed by atoms with Crippen LogP contribution in [0, 0.1) is 5.92 Å². The molecule has 0 spiro atoms. The van der Waals surface area contributed by atoms with Crippen molar-refractivity contribution in [1.82, 2.24) is 15.2 Å². The fraction of sp³-hybridized carbons (Fsp3) is 0.833. The molecule has 3 N–H and O–H groups in total. The number of nitrogens with two attached hydrogens (primary N) is 1. The van der Waals surface area contributed by atoms with E-state index >= 15 is 0 Å². The lowest BCUT2D eigenvalue weighted by molar-refractivity contribution is 0.500. The van der Waals surface area contributed by atoms with E-state index in [1.54, 1.807) is 0 Å². The zero-order chi connectivity index (χ0) is 11.8. The van der Waals surface area contributed by atoms with Crippen LogP contribution >= 0.6 is 0 Å². The van der Waals surface area contributed by atoms with Crippen molar-refractivity contribution in [3.63, 3.8) is 0 Å². The summed E-state index contributed by atoms with van der Waals surface area (Å²) in [7, 11) is 0. The molecule has 1 aliphatic carbocycles. The molecule has 1 aromatic rings. The minimum atomic E-state index is 0.270. The zero-order valence-electron chi connectivity index (χ0n) is 10.4. The van der Waals surface area contributed by atoms with E-state index in [4.69, 9.17) is 5.73 Å². The zero-order valence-corrected chi connectivity index (χ0v) is 10.4. The van der Waals surface area contributed by atoms with Gasteiger partial charge in [-0.25, -0.2) is 0 Å². The Labute approximate surface area is 102 Å². The van der Waals surface area contributed by atoms with Gasteiger partial charge in [-0.2, -0.15) is 4.98 Å². The van der Waals surface area contributed by atoms with E-state index in [1.807, 2.05) is 0 Å². The Morgan fingerprint density at radius 3 is 2.94 bits per heavy atom. The summed E-state index contributed by atoms with van der Waals surface area (Å²) in [5.41, 5.74) is 5.98. The Kier molecular flexibility index (Phi) is 2.78. The van der Waals surface area contributed by atoms with Gasteiger partial charge in [0.2, 0.25) is 5.95 Å². The minimum Gasteiger partial charge on any atom is -0.338 e. The van der Waals surface area contributed by atoms with Gasteiger partial charge in [0.1, 0.15) is 5.82 Å². The predicted octanol–water partition coefficient (Wildman–Crippen LogP) is 1.25. The van der Waals surface area contributed by atoms with Crippen molar-refractivity contribution in [3.8, 4) is 0 Å². The van der Waals surface area contributed by atoms with Gasteiger partial charge in [0.25, 0.3) is 0 Å². The Hall–Kier alpha value is -1.10. The average Bonchev–Trinajstić information content (AvgIpc) is 3.05. The summed E-state index contributed by atoms with van der Waals surface area (Å²) in [5.74, 6) is 3.22. The molecular weight excluding hydrogens is 214 g/mol. The fourth-order valence-electron chi connectivity index (χ4n) is 2.62. The summed E-state index contributed by atoms with van der Waals surface area (Å²) in [6, 6.07) is 0.270. The predicted molar refractivity (Wildman–Crippen MR) is 66.9 cm³/mol. The normalized spacial score (nSPS) is 27.2. The van der Waals surface area contributed by atoms with Gasteiger partial charge in [0.05, 0.1) is 0 Å². The van der Waals surface area contributed by atoms with E-state index in [0.717, 1.165) is 43.6 Å². The van der Waals surface area contributed by atoms with E-state index in [-0.39, 0.29) is 6.04 Å². The lowest BCUT2D eigenvalue weighted by Crippen LogP contribution is -2.43. The smallest absolute Gasteiger partial charge is 0.244 e. The van der Waals surface area contributed by atoms with E-state index in [1.165, 1.54) is 12.8 Å². The molecule has 0 amide bonds. The molecule has 2 aliphatic rings. The van der Waals surface area contributed by atoms with E-state index in [0.29, 0.717) is 5.92 Å². The van der Waals surface area contributed by atoms with Crippen molar-refractivity contribution < 1.29 is 0 Å².